The molecule has 19 heavy (non-hydrogen) atoms. The molecule has 0 aliphatic carbocycles. The van der Waals surface area contributed by atoms with Gasteiger partial charge in [-0.3, -0.25) is 4.68 Å². The number of aromatic nitrogens is 2. The van der Waals surface area contributed by atoms with Crippen molar-refractivity contribution in [3.05, 3.63) is 52.8 Å². The highest BCUT2D eigenvalue weighted by Gasteiger charge is 2.05. The summed E-state index contributed by atoms with van der Waals surface area (Å²) in [5, 5.41) is 8.08. The molecule has 3 nitrogen and oxygen atoms in total. The van der Waals surface area contributed by atoms with E-state index in [1.165, 1.54) is 22.5 Å². The molecule has 1 heterocycles. The standard InChI is InChI=1S/C16H23N3/c1-4-15-10-16(19(5-2)18-15)12-17-11-14-9-7-6-8-13(14)3/h6-10,17H,4-5,11-12H2,1-3H3. The third-order valence-corrected chi connectivity index (χ3v) is 3.46. The van der Waals surface area contributed by atoms with E-state index in [2.05, 4.69) is 66.2 Å². The lowest BCUT2D eigenvalue weighted by Crippen LogP contribution is -2.16. The third-order valence-electron chi connectivity index (χ3n) is 3.46. The largest absolute Gasteiger partial charge is 0.307 e. The topological polar surface area (TPSA) is 29.9 Å². The Kier molecular flexibility index (Phi) is 4.74. The summed E-state index contributed by atoms with van der Waals surface area (Å²) < 4.78 is 2.09. The zero-order chi connectivity index (χ0) is 13.7. The molecular weight excluding hydrogens is 234 g/mol. The van der Waals surface area contributed by atoms with Gasteiger partial charge in [-0.25, -0.2) is 0 Å². The average molecular weight is 257 g/mol. The van der Waals surface area contributed by atoms with E-state index < -0.39 is 0 Å². The van der Waals surface area contributed by atoms with E-state index in [0.717, 1.165) is 26.1 Å². The summed E-state index contributed by atoms with van der Waals surface area (Å²) in [5.41, 5.74) is 5.15. The smallest absolute Gasteiger partial charge is 0.0625 e. The van der Waals surface area contributed by atoms with Crippen LogP contribution in [0.4, 0.5) is 0 Å². The summed E-state index contributed by atoms with van der Waals surface area (Å²) in [7, 11) is 0. The molecule has 3 heteroatoms. The third kappa shape index (κ3) is 3.44. The van der Waals surface area contributed by atoms with Crippen LogP contribution in [0.5, 0.6) is 0 Å². The second-order valence-corrected chi connectivity index (χ2v) is 4.83. The fraction of sp³-hybridized carbons (Fsp3) is 0.438. The molecule has 102 valence electrons. The molecule has 0 spiro atoms. The molecule has 2 rings (SSSR count). The van der Waals surface area contributed by atoms with Crippen LogP contribution >= 0.6 is 0 Å². The Labute approximate surface area is 115 Å². The van der Waals surface area contributed by atoms with Gasteiger partial charge < -0.3 is 5.32 Å². The van der Waals surface area contributed by atoms with Crippen LogP contribution in [0.2, 0.25) is 0 Å². The summed E-state index contributed by atoms with van der Waals surface area (Å²) in [5.74, 6) is 0. The van der Waals surface area contributed by atoms with Crippen LogP contribution in [-0.4, -0.2) is 9.78 Å². The second-order valence-electron chi connectivity index (χ2n) is 4.83. The number of nitrogens with zero attached hydrogens (tertiary/aromatic N) is 2. The van der Waals surface area contributed by atoms with E-state index in [0.29, 0.717) is 0 Å². The monoisotopic (exact) mass is 257 g/mol. The predicted octanol–water partition coefficient (Wildman–Crippen LogP) is 3.06. The lowest BCUT2D eigenvalue weighted by Gasteiger charge is -2.08. The zero-order valence-corrected chi connectivity index (χ0v) is 12.1. The molecule has 0 saturated heterocycles. The van der Waals surface area contributed by atoms with Crippen LogP contribution in [-0.2, 0) is 26.1 Å². The van der Waals surface area contributed by atoms with Gasteiger partial charge in [0.15, 0.2) is 0 Å². The summed E-state index contributed by atoms with van der Waals surface area (Å²) in [6, 6.07) is 10.7. The van der Waals surface area contributed by atoms with E-state index in [1.807, 2.05) is 0 Å². The molecule has 0 bridgehead atoms. The van der Waals surface area contributed by atoms with Crippen molar-refractivity contribution >= 4 is 0 Å². The van der Waals surface area contributed by atoms with E-state index >= 15 is 0 Å². The van der Waals surface area contributed by atoms with E-state index in [9.17, 15) is 0 Å². The van der Waals surface area contributed by atoms with Gasteiger partial charge in [-0.15, -0.1) is 0 Å². The zero-order valence-electron chi connectivity index (χ0n) is 12.1. The van der Waals surface area contributed by atoms with Crippen molar-refractivity contribution in [1.29, 1.82) is 0 Å². The fourth-order valence-corrected chi connectivity index (χ4v) is 2.24. The van der Waals surface area contributed by atoms with Crippen molar-refractivity contribution in [3.63, 3.8) is 0 Å². The first kappa shape index (κ1) is 13.8. The summed E-state index contributed by atoms with van der Waals surface area (Å²) >= 11 is 0. The highest BCUT2D eigenvalue weighted by atomic mass is 15.3. The van der Waals surface area contributed by atoms with E-state index in [1.54, 1.807) is 0 Å². The van der Waals surface area contributed by atoms with E-state index in [4.69, 9.17) is 0 Å². The number of hydrogen-bond acceptors (Lipinski definition) is 2. The number of benzene rings is 1. The van der Waals surface area contributed by atoms with Gasteiger partial charge in [-0.2, -0.15) is 5.10 Å². The fourth-order valence-electron chi connectivity index (χ4n) is 2.24. The molecule has 0 aliphatic heterocycles. The first-order chi connectivity index (χ1) is 9.24. The Bertz CT molecular complexity index is 529. The second kappa shape index (κ2) is 6.53. The van der Waals surface area contributed by atoms with Crippen LogP contribution < -0.4 is 5.32 Å². The molecule has 0 atom stereocenters. The summed E-state index contributed by atoms with van der Waals surface area (Å²) in [4.78, 5) is 0. The Balaban J connectivity index is 1.96. The molecule has 1 aromatic heterocycles. The number of aryl methyl sites for hydroxylation is 3. The lowest BCUT2D eigenvalue weighted by atomic mass is 10.1. The molecule has 0 fully saturated rings. The Morgan fingerprint density at radius 2 is 1.95 bits per heavy atom. The minimum atomic E-state index is 0.870. The van der Waals surface area contributed by atoms with Crippen LogP contribution in [0, 0.1) is 6.92 Å². The summed E-state index contributed by atoms with van der Waals surface area (Å²) in [6.07, 6.45) is 0.998. The van der Waals surface area contributed by atoms with Crippen LogP contribution in [0.1, 0.15) is 36.4 Å². The molecule has 1 aromatic carbocycles. The number of hydrogen-bond donors (Lipinski definition) is 1. The molecule has 2 aromatic rings. The molecule has 0 aliphatic rings. The van der Waals surface area contributed by atoms with Gasteiger partial charge in [-0.05, 0) is 37.5 Å². The molecule has 0 unspecified atom stereocenters. The molecule has 0 radical (unpaired) electrons. The quantitative estimate of drug-likeness (QED) is 0.862. The number of nitrogens with one attached hydrogen (secondary N) is 1. The molecule has 1 N–H and O–H groups in total. The van der Waals surface area contributed by atoms with Gasteiger partial charge in [-0.1, -0.05) is 31.2 Å². The van der Waals surface area contributed by atoms with Crippen molar-refractivity contribution in [2.75, 3.05) is 0 Å². The lowest BCUT2D eigenvalue weighted by molar-refractivity contribution is 0.577. The van der Waals surface area contributed by atoms with Crippen LogP contribution in [0.3, 0.4) is 0 Å². The Morgan fingerprint density at radius 3 is 2.63 bits per heavy atom. The maximum Gasteiger partial charge on any atom is 0.0625 e. The predicted molar refractivity (Wildman–Crippen MR) is 79.0 cm³/mol. The van der Waals surface area contributed by atoms with Gasteiger partial charge in [0.2, 0.25) is 0 Å². The normalized spacial score (nSPS) is 10.9. The maximum atomic E-state index is 4.57. The Hall–Kier alpha value is -1.61. The molecule has 0 amide bonds. The van der Waals surface area contributed by atoms with Gasteiger partial charge in [0.1, 0.15) is 0 Å². The van der Waals surface area contributed by atoms with Crippen LogP contribution in [0.25, 0.3) is 0 Å². The minimum absolute atomic E-state index is 0.870. The minimum Gasteiger partial charge on any atom is -0.307 e. The molecular formula is C16H23N3. The van der Waals surface area contributed by atoms with Gasteiger partial charge >= 0.3 is 0 Å². The average Bonchev–Trinajstić information content (AvgIpc) is 2.83. The SMILES string of the molecule is CCc1cc(CNCc2ccccc2C)n(CC)n1. The van der Waals surface area contributed by atoms with Gasteiger partial charge in [0.25, 0.3) is 0 Å². The van der Waals surface area contributed by atoms with Crippen molar-refractivity contribution in [2.24, 2.45) is 0 Å². The maximum absolute atomic E-state index is 4.57. The van der Waals surface area contributed by atoms with E-state index in [-0.39, 0.29) is 0 Å². The summed E-state index contributed by atoms with van der Waals surface area (Å²) in [6.45, 7) is 9.15. The van der Waals surface area contributed by atoms with Crippen molar-refractivity contribution < 1.29 is 0 Å². The van der Waals surface area contributed by atoms with Crippen molar-refractivity contribution in [3.8, 4) is 0 Å². The Morgan fingerprint density at radius 1 is 1.16 bits per heavy atom. The van der Waals surface area contributed by atoms with Crippen molar-refractivity contribution in [1.82, 2.24) is 15.1 Å². The van der Waals surface area contributed by atoms with Gasteiger partial charge in [0.05, 0.1) is 11.4 Å². The van der Waals surface area contributed by atoms with Gasteiger partial charge in [0, 0.05) is 19.6 Å². The number of rotatable bonds is 6. The van der Waals surface area contributed by atoms with Crippen LogP contribution in [0.15, 0.2) is 30.3 Å². The molecule has 0 saturated carbocycles. The van der Waals surface area contributed by atoms with Crippen molar-refractivity contribution in [2.45, 2.75) is 46.8 Å². The first-order valence-electron chi connectivity index (χ1n) is 7.05. The highest BCUT2D eigenvalue weighted by molar-refractivity contribution is 5.25. The highest BCUT2D eigenvalue weighted by Crippen LogP contribution is 2.08. The first-order valence-corrected chi connectivity index (χ1v) is 7.05.